The van der Waals surface area contributed by atoms with Crippen molar-refractivity contribution in [2.75, 3.05) is 43.6 Å². The zero-order valence-electron chi connectivity index (χ0n) is 18.1. The molecule has 6 nitrogen and oxygen atoms in total. The van der Waals surface area contributed by atoms with Crippen molar-refractivity contribution >= 4 is 21.6 Å². The molecule has 30 heavy (non-hydrogen) atoms. The lowest BCUT2D eigenvalue weighted by molar-refractivity contribution is -0.902. The number of quaternary nitrogens is 1. The fourth-order valence-corrected chi connectivity index (χ4v) is 5.29. The van der Waals surface area contributed by atoms with E-state index in [9.17, 15) is 13.2 Å². The molecule has 0 bridgehead atoms. The molecule has 2 aromatic rings. The van der Waals surface area contributed by atoms with E-state index < -0.39 is 10.0 Å². The van der Waals surface area contributed by atoms with E-state index in [4.69, 9.17) is 0 Å². The first-order chi connectivity index (χ1) is 14.4. The molecule has 0 atom stereocenters. The van der Waals surface area contributed by atoms with Crippen LogP contribution in [0.1, 0.15) is 25.0 Å². The third-order valence-electron chi connectivity index (χ3n) is 5.85. The molecule has 0 radical (unpaired) electrons. The molecule has 0 unspecified atom stereocenters. The van der Waals surface area contributed by atoms with E-state index >= 15 is 0 Å². The standard InChI is InChI=1S/C23H31N3O3S/c1-4-20-8-6-7-9-22(20)26(30(28,29)21-12-10-19(3)11-13-21)18-23(27)25-16-14-24(5-2)15-17-25/h6-13H,4-5,14-18H2,1-3H3/p+1. The number of carbonyl (C=O) groups is 1. The van der Waals surface area contributed by atoms with E-state index in [2.05, 4.69) is 6.92 Å². The maximum atomic E-state index is 13.6. The Morgan fingerprint density at radius 1 is 1.03 bits per heavy atom. The fourth-order valence-electron chi connectivity index (χ4n) is 3.84. The molecule has 3 rings (SSSR count). The second-order valence-electron chi connectivity index (χ2n) is 7.79. The molecule has 162 valence electrons. The highest BCUT2D eigenvalue weighted by molar-refractivity contribution is 7.92. The summed E-state index contributed by atoms with van der Waals surface area (Å²) in [7, 11) is -3.87. The van der Waals surface area contributed by atoms with E-state index in [-0.39, 0.29) is 17.3 Å². The van der Waals surface area contributed by atoms with Crippen molar-refractivity contribution in [1.29, 1.82) is 0 Å². The maximum absolute atomic E-state index is 13.6. The minimum atomic E-state index is -3.87. The van der Waals surface area contributed by atoms with Gasteiger partial charge in [-0.25, -0.2) is 8.42 Å². The molecule has 0 saturated carbocycles. The average Bonchev–Trinajstić information content (AvgIpc) is 2.77. The Morgan fingerprint density at radius 3 is 2.27 bits per heavy atom. The van der Waals surface area contributed by atoms with Gasteiger partial charge >= 0.3 is 0 Å². The number of amides is 1. The molecule has 1 fully saturated rings. The molecule has 1 amide bonds. The van der Waals surface area contributed by atoms with Crippen molar-refractivity contribution in [3.63, 3.8) is 0 Å². The van der Waals surface area contributed by atoms with Crippen LogP contribution in [0.4, 0.5) is 5.69 Å². The lowest BCUT2D eigenvalue weighted by Gasteiger charge is -2.33. The van der Waals surface area contributed by atoms with Crippen LogP contribution in [0.3, 0.4) is 0 Å². The Bertz CT molecular complexity index is 965. The van der Waals surface area contributed by atoms with Crippen molar-refractivity contribution in [1.82, 2.24) is 4.90 Å². The summed E-state index contributed by atoms with van der Waals surface area (Å²) >= 11 is 0. The fraction of sp³-hybridized carbons (Fsp3) is 0.435. The van der Waals surface area contributed by atoms with Gasteiger partial charge in [-0.3, -0.25) is 9.10 Å². The van der Waals surface area contributed by atoms with E-state index in [0.717, 1.165) is 30.8 Å². The number of anilines is 1. The monoisotopic (exact) mass is 430 g/mol. The van der Waals surface area contributed by atoms with Gasteiger partial charge in [0, 0.05) is 0 Å². The van der Waals surface area contributed by atoms with E-state index in [0.29, 0.717) is 25.2 Å². The summed E-state index contributed by atoms with van der Waals surface area (Å²) < 4.78 is 28.4. The smallest absolute Gasteiger partial charge is 0.264 e. The Hall–Kier alpha value is -2.38. The van der Waals surface area contributed by atoms with Gasteiger partial charge in [0.2, 0.25) is 5.91 Å². The number of piperazine rings is 1. The third kappa shape index (κ3) is 4.84. The number of rotatable bonds is 7. The van der Waals surface area contributed by atoms with Crippen LogP contribution >= 0.6 is 0 Å². The summed E-state index contributed by atoms with van der Waals surface area (Å²) in [6.07, 6.45) is 0.683. The van der Waals surface area contributed by atoms with Crippen molar-refractivity contribution < 1.29 is 18.1 Å². The van der Waals surface area contributed by atoms with Gasteiger partial charge in [0.1, 0.15) is 6.54 Å². The number of nitrogens with one attached hydrogen (secondary N) is 1. The first kappa shape index (κ1) is 22.3. The number of para-hydroxylation sites is 1. The number of aryl methyl sites for hydroxylation is 2. The number of benzene rings is 2. The number of sulfonamides is 1. The van der Waals surface area contributed by atoms with E-state index in [1.807, 2.05) is 32.0 Å². The summed E-state index contributed by atoms with van der Waals surface area (Å²) in [5.41, 5.74) is 2.47. The van der Waals surface area contributed by atoms with E-state index in [1.54, 1.807) is 35.2 Å². The zero-order chi connectivity index (χ0) is 21.7. The number of hydrogen-bond acceptors (Lipinski definition) is 3. The molecule has 1 aliphatic rings. The second kappa shape index (κ2) is 9.62. The SMILES string of the molecule is CCc1ccccc1N(CC(=O)N1CC[NH+](CC)CC1)S(=O)(=O)c1ccc(C)cc1. The van der Waals surface area contributed by atoms with Crippen molar-refractivity contribution in [3.8, 4) is 0 Å². The normalized spacial score (nSPS) is 15.2. The van der Waals surface area contributed by atoms with Crippen LogP contribution in [-0.4, -0.2) is 58.5 Å². The third-order valence-corrected chi connectivity index (χ3v) is 7.63. The topological polar surface area (TPSA) is 62.1 Å². The molecule has 1 heterocycles. The van der Waals surface area contributed by atoms with Gasteiger partial charge in [-0.05, 0) is 44.0 Å². The number of carbonyl (C=O) groups excluding carboxylic acids is 1. The molecule has 0 aromatic heterocycles. The molecule has 0 spiro atoms. The number of likely N-dealkylation sites (N-methyl/N-ethyl adjacent to an activating group) is 1. The Labute approximate surface area is 180 Å². The zero-order valence-corrected chi connectivity index (χ0v) is 18.9. The van der Waals surface area contributed by atoms with Gasteiger partial charge in [-0.2, -0.15) is 0 Å². The van der Waals surface area contributed by atoms with Gasteiger partial charge < -0.3 is 9.80 Å². The van der Waals surface area contributed by atoms with Gasteiger partial charge in [-0.15, -0.1) is 0 Å². The Morgan fingerprint density at radius 2 is 1.67 bits per heavy atom. The van der Waals surface area contributed by atoms with Crippen LogP contribution in [-0.2, 0) is 21.2 Å². The van der Waals surface area contributed by atoms with Gasteiger partial charge in [0.15, 0.2) is 0 Å². The quantitative estimate of drug-likeness (QED) is 0.724. The predicted octanol–water partition coefficient (Wildman–Crippen LogP) is 1.50. The number of hydrogen-bond donors (Lipinski definition) is 1. The predicted molar refractivity (Wildman–Crippen MR) is 119 cm³/mol. The summed E-state index contributed by atoms with van der Waals surface area (Å²) in [4.78, 5) is 16.6. The van der Waals surface area contributed by atoms with Crippen LogP contribution in [0.15, 0.2) is 53.4 Å². The lowest BCUT2D eigenvalue weighted by Crippen LogP contribution is -3.14. The number of nitrogens with zero attached hydrogens (tertiary/aromatic N) is 2. The van der Waals surface area contributed by atoms with Crippen LogP contribution in [0.2, 0.25) is 0 Å². The summed E-state index contributed by atoms with van der Waals surface area (Å²) in [6.45, 7) is 10.0. The average molecular weight is 431 g/mol. The van der Waals surface area contributed by atoms with Crippen molar-refractivity contribution in [2.45, 2.75) is 32.1 Å². The summed E-state index contributed by atoms with van der Waals surface area (Å²) in [5, 5.41) is 0. The highest BCUT2D eigenvalue weighted by Gasteiger charge is 2.31. The molecule has 0 aliphatic carbocycles. The van der Waals surface area contributed by atoms with Gasteiger partial charge in [0.05, 0.1) is 43.3 Å². The summed E-state index contributed by atoms with van der Waals surface area (Å²) in [6, 6.07) is 14.2. The van der Waals surface area contributed by atoms with Crippen LogP contribution in [0, 0.1) is 6.92 Å². The van der Waals surface area contributed by atoms with Crippen molar-refractivity contribution in [2.24, 2.45) is 0 Å². The van der Waals surface area contributed by atoms with Gasteiger partial charge in [0.25, 0.3) is 10.0 Å². The lowest BCUT2D eigenvalue weighted by atomic mass is 10.1. The largest absolute Gasteiger partial charge is 0.332 e. The molecule has 7 heteroatoms. The minimum Gasteiger partial charge on any atom is -0.332 e. The van der Waals surface area contributed by atoms with Crippen molar-refractivity contribution in [3.05, 3.63) is 59.7 Å². The molecular formula is C23H32N3O3S+. The highest BCUT2D eigenvalue weighted by atomic mass is 32.2. The van der Waals surface area contributed by atoms with Crippen LogP contribution in [0.25, 0.3) is 0 Å². The highest BCUT2D eigenvalue weighted by Crippen LogP contribution is 2.28. The Kier molecular flexibility index (Phi) is 7.15. The first-order valence-electron chi connectivity index (χ1n) is 10.7. The van der Waals surface area contributed by atoms with E-state index in [1.165, 1.54) is 9.21 Å². The molecule has 1 aliphatic heterocycles. The Balaban J connectivity index is 1.94. The van der Waals surface area contributed by atoms with Gasteiger partial charge in [-0.1, -0.05) is 42.8 Å². The maximum Gasteiger partial charge on any atom is 0.264 e. The first-order valence-corrected chi connectivity index (χ1v) is 12.1. The molecule has 1 saturated heterocycles. The minimum absolute atomic E-state index is 0.147. The second-order valence-corrected chi connectivity index (χ2v) is 9.65. The molecule has 1 N–H and O–H groups in total. The van der Waals surface area contributed by atoms with Crippen LogP contribution < -0.4 is 9.21 Å². The van der Waals surface area contributed by atoms with Crippen LogP contribution in [0.5, 0.6) is 0 Å². The molecule has 2 aromatic carbocycles. The summed E-state index contributed by atoms with van der Waals surface area (Å²) in [5.74, 6) is -0.147. The molecular weight excluding hydrogens is 398 g/mol.